The van der Waals surface area contributed by atoms with Crippen LogP contribution in [0.1, 0.15) is 6.42 Å². The van der Waals surface area contributed by atoms with E-state index in [4.69, 9.17) is 14.2 Å². The van der Waals surface area contributed by atoms with E-state index in [9.17, 15) is 4.79 Å². The molecule has 1 aliphatic carbocycles. The van der Waals surface area contributed by atoms with Gasteiger partial charge in [0.05, 0.1) is 6.10 Å². The zero-order valence-electron chi connectivity index (χ0n) is 8.17. The smallest absolute Gasteiger partial charge is 0.410 e. The molecule has 14 heavy (non-hydrogen) atoms. The maximum Gasteiger partial charge on any atom is 0.410 e. The summed E-state index contributed by atoms with van der Waals surface area (Å²) in [5.41, 5.74) is 0. The summed E-state index contributed by atoms with van der Waals surface area (Å²) in [7, 11) is 3.43. The summed E-state index contributed by atoms with van der Waals surface area (Å²) in [5.74, 6) is 0. The first-order valence-corrected chi connectivity index (χ1v) is 4.84. The predicted molar refractivity (Wildman–Crippen MR) is 45.9 cm³/mol. The van der Waals surface area contributed by atoms with Gasteiger partial charge in [0.1, 0.15) is 24.4 Å². The van der Waals surface area contributed by atoms with E-state index in [0.29, 0.717) is 0 Å². The highest BCUT2D eigenvalue weighted by molar-refractivity contribution is 5.70. The topological polar surface area (TPSA) is 51.3 Å². The van der Waals surface area contributed by atoms with E-state index >= 15 is 0 Å². The third-order valence-corrected chi connectivity index (χ3v) is 3.40. The van der Waals surface area contributed by atoms with Gasteiger partial charge in [0.15, 0.2) is 0 Å². The number of carbonyl (C=O) groups is 1. The lowest BCUT2D eigenvalue weighted by molar-refractivity contribution is 0.0217. The highest BCUT2D eigenvalue weighted by Crippen LogP contribution is 2.44. The van der Waals surface area contributed by atoms with Gasteiger partial charge in [0.2, 0.25) is 0 Å². The monoisotopic (exact) mass is 199 g/mol. The number of ether oxygens (including phenoxy) is 3. The molecule has 3 fully saturated rings. The summed E-state index contributed by atoms with van der Waals surface area (Å²) in [6, 6.07) is 0.0962. The van der Waals surface area contributed by atoms with Gasteiger partial charge in [-0.2, -0.15) is 0 Å². The lowest BCUT2D eigenvalue weighted by Gasteiger charge is -2.26. The van der Waals surface area contributed by atoms with Crippen molar-refractivity contribution >= 4 is 6.09 Å². The van der Waals surface area contributed by atoms with Gasteiger partial charge in [0.25, 0.3) is 0 Å². The number of amides is 1. The van der Waals surface area contributed by atoms with Crippen molar-refractivity contribution in [1.82, 2.24) is 4.90 Å². The van der Waals surface area contributed by atoms with E-state index in [0.717, 1.165) is 6.42 Å². The second-order valence-corrected chi connectivity index (χ2v) is 4.10. The molecule has 0 aromatic carbocycles. The van der Waals surface area contributed by atoms with Crippen LogP contribution in [0.25, 0.3) is 0 Å². The number of carbonyl (C=O) groups excluding carboxylic acids is 1. The first-order chi connectivity index (χ1) is 6.72. The number of likely N-dealkylation sites (N-methyl/N-ethyl adjacent to an activating group) is 1. The summed E-state index contributed by atoms with van der Waals surface area (Å²) in [6.45, 7) is 0. The van der Waals surface area contributed by atoms with Gasteiger partial charge in [-0.3, -0.25) is 0 Å². The molecule has 0 bridgehead atoms. The van der Waals surface area contributed by atoms with Crippen molar-refractivity contribution in [2.75, 3.05) is 14.2 Å². The van der Waals surface area contributed by atoms with Crippen LogP contribution in [0.3, 0.4) is 0 Å². The van der Waals surface area contributed by atoms with E-state index in [2.05, 4.69) is 0 Å². The molecule has 0 radical (unpaired) electrons. The van der Waals surface area contributed by atoms with Crippen LogP contribution in [0, 0.1) is 0 Å². The average Bonchev–Trinajstić information content (AvgIpc) is 2.90. The van der Waals surface area contributed by atoms with Gasteiger partial charge < -0.3 is 19.1 Å². The van der Waals surface area contributed by atoms with Crippen molar-refractivity contribution < 1.29 is 19.0 Å². The molecule has 2 saturated heterocycles. The van der Waals surface area contributed by atoms with Crippen LogP contribution in [-0.4, -0.2) is 55.6 Å². The van der Waals surface area contributed by atoms with Crippen molar-refractivity contribution in [3.8, 4) is 0 Å². The first kappa shape index (κ1) is 8.49. The molecule has 1 amide bonds. The maximum atomic E-state index is 11.3. The Morgan fingerprint density at radius 1 is 1.50 bits per heavy atom. The maximum absolute atomic E-state index is 11.3. The second kappa shape index (κ2) is 2.61. The Hall–Kier alpha value is -0.810. The molecule has 0 N–H and O–H groups in total. The quantitative estimate of drug-likeness (QED) is 0.557. The van der Waals surface area contributed by atoms with Gasteiger partial charge in [-0.1, -0.05) is 0 Å². The molecular formula is C9H13NO4. The minimum atomic E-state index is -0.244. The fourth-order valence-corrected chi connectivity index (χ4v) is 2.58. The molecular weight excluding hydrogens is 186 g/mol. The second-order valence-electron chi connectivity index (χ2n) is 4.10. The lowest BCUT2D eigenvalue weighted by Crippen LogP contribution is -2.46. The predicted octanol–water partition coefficient (Wildman–Crippen LogP) is -0.00830. The summed E-state index contributed by atoms with van der Waals surface area (Å²) in [4.78, 5) is 12.9. The van der Waals surface area contributed by atoms with E-state index in [1.165, 1.54) is 0 Å². The fraction of sp³-hybridized carbons (Fsp3) is 0.889. The zero-order valence-corrected chi connectivity index (χ0v) is 8.17. The Labute approximate surface area is 81.9 Å². The Balaban J connectivity index is 1.83. The lowest BCUT2D eigenvalue weighted by atomic mass is 9.90. The fourth-order valence-electron chi connectivity index (χ4n) is 2.58. The van der Waals surface area contributed by atoms with Gasteiger partial charge in [-0.05, 0) is 0 Å². The third-order valence-electron chi connectivity index (χ3n) is 3.40. The number of rotatable bonds is 1. The number of hydrogen-bond acceptors (Lipinski definition) is 4. The summed E-state index contributed by atoms with van der Waals surface area (Å²) in [5, 5.41) is 0. The molecule has 5 atom stereocenters. The average molecular weight is 199 g/mol. The van der Waals surface area contributed by atoms with Gasteiger partial charge in [0, 0.05) is 20.6 Å². The normalized spacial score (nSPS) is 49.7. The van der Waals surface area contributed by atoms with E-state index in [1.54, 1.807) is 19.1 Å². The molecule has 3 rings (SSSR count). The molecule has 5 heteroatoms. The number of hydrogen-bond donors (Lipinski definition) is 0. The Bertz CT molecular complexity index is 282. The van der Waals surface area contributed by atoms with E-state index < -0.39 is 0 Å². The van der Waals surface area contributed by atoms with Gasteiger partial charge >= 0.3 is 6.09 Å². The highest BCUT2D eigenvalue weighted by Gasteiger charge is 2.62. The molecule has 3 aliphatic rings. The van der Waals surface area contributed by atoms with Crippen LogP contribution in [0.2, 0.25) is 0 Å². The number of nitrogens with zero attached hydrogens (tertiary/aromatic N) is 1. The number of methoxy groups -OCH3 is 1. The van der Waals surface area contributed by atoms with Crippen LogP contribution >= 0.6 is 0 Å². The standard InChI is InChI=1S/C9H13NO4/c1-10-6-4(13-9(10)11)3-5(12-2)7-8(6)14-7/h4-8H,3H2,1-2H3/t4-,5-,6-,7+,8-/m1/s1. The summed E-state index contributed by atoms with van der Waals surface area (Å²) >= 11 is 0. The van der Waals surface area contributed by atoms with Crippen LogP contribution in [0.4, 0.5) is 4.79 Å². The molecule has 1 saturated carbocycles. The largest absolute Gasteiger partial charge is 0.444 e. The third kappa shape index (κ3) is 0.938. The zero-order chi connectivity index (χ0) is 9.87. The molecule has 78 valence electrons. The Morgan fingerprint density at radius 3 is 3.00 bits per heavy atom. The van der Waals surface area contributed by atoms with Crippen molar-refractivity contribution in [1.29, 1.82) is 0 Å². The van der Waals surface area contributed by atoms with Gasteiger partial charge in [-0.25, -0.2) is 4.79 Å². The van der Waals surface area contributed by atoms with E-state index in [1.807, 2.05) is 0 Å². The molecule has 2 aliphatic heterocycles. The molecule has 0 spiro atoms. The van der Waals surface area contributed by atoms with Crippen molar-refractivity contribution in [3.05, 3.63) is 0 Å². The molecule has 2 heterocycles. The number of fused-ring (bicyclic) bond motifs is 3. The Kier molecular flexibility index (Phi) is 1.58. The SMILES string of the molecule is CO[C@@H]1C[C@H]2OC(=O)N(C)[C@H]2[C@H]2O[C@H]21. The van der Waals surface area contributed by atoms with Crippen LogP contribution in [0.15, 0.2) is 0 Å². The van der Waals surface area contributed by atoms with Crippen LogP contribution < -0.4 is 0 Å². The van der Waals surface area contributed by atoms with Crippen molar-refractivity contribution in [3.63, 3.8) is 0 Å². The minimum absolute atomic E-state index is 0.0544. The summed E-state index contributed by atoms with van der Waals surface area (Å²) in [6.07, 6.45) is 0.819. The molecule has 0 unspecified atom stereocenters. The minimum Gasteiger partial charge on any atom is -0.444 e. The Morgan fingerprint density at radius 2 is 2.29 bits per heavy atom. The number of epoxide rings is 1. The van der Waals surface area contributed by atoms with E-state index in [-0.39, 0.29) is 36.6 Å². The molecule has 0 aromatic rings. The van der Waals surface area contributed by atoms with Gasteiger partial charge in [-0.15, -0.1) is 0 Å². The first-order valence-electron chi connectivity index (χ1n) is 4.84. The highest BCUT2D eigenvalue weighted by atomic mass is 16.6. The van der Waals surface area contributed by atoms with Crippen molar-refractivity contribution in [2.24, 2.45) is 0 Å². The molecule has 0 aromatic heterocycles. The molecule has 5 nitrogen and oxygen atoms in total. The van der Waals surface area contributed by atoms with Crippen molar-refractivity contribution in [2.45, 2.75) is 36.9 Å². The van der Waals surface area contributed by atoms with Crippen LogP contribution in [0.5, 0.6) is 0 Å². The van der Waals surface area contributed by atoms with Crippen LogP contribution in [-0.2, 0) is 14.2 Å². The summed E-state index contributed by atoms with van der Waals surface area (Å²) < 4.78 is 16.0.